The summed E-state index contributed by atoms with van der Waals surface area (Å²) >= 11 is 0. The lowest BCUT2D eigenvalue weighted by molar-refractivity contribution is -0.128. The summed E-state index contributed by atoms with van der Waals surface area (Å²) in [6.07, 6.45) is 0. The minimum absolute atomic E-state index is 0.0844. The number of hydrogen-bond acceptors (Lipinski definition) is 2. The number of nitrogens with zero attached hydrogens (tertiary/aromatic N) is 1. The van der Waals surface area contributed by atoms with Gasteiger partial charge in [-0.25, -0.2) is 0 Å². The Kier molecular flexibility index (Phi) is 2.49. The zero-order valence-corrected chi connectivity index (χ0v) is 7.21. The molecule has 64 valence electrons. The first-order valence-corrected chi connectivity index (χ1v) is 4.13. The van der Waals surface area contributed by atoms with E-state index in [-0.39, 0.29) is 12.5 Å². The molecule has 11 heavy (non-hydrogen) atoms. The highest BCUT2D eigenvalue weighted by molar-refractivity contribution is 5.78. The van der Waals surface area contributed by atoms with Crippen LogP contribution in [0.4, 0.5) is 0 Å². The summed E-state index contributed by atoms with van der Waals surface area (Å²) in [5, 5.41) is 0. The van der Waals surface area contributed by atoms with Crippen molar-refractivity contribution in [2.75, 3.05) is 19.6 Å². The number of nitrogens with two attached hydrogens (primary N) is 1. The molecule has 1 fully saturated rings. The molecule has 1 amide bonds. The normalized spacial score (nSPS) is 31.0. The van der Waals surface area contributed by atoms with Gasteiger partial charge in [-0.2, -0.15) is 0 Å². The van der Waals surface area contributed by atoms with Crippen LogP contribution >= 0.6 is 0 Å². The molecule has 1 heterocycles. The maximum Gasteiger partial charge on any atom is 0.236 e. The van der Waals surface area contributed by atoms with Crippen molar-refractivity contribution in [1.29, 1.82) is 0 Å². The molecule has 2 atom stereocenters. The number of carbonyl (C=O) groups is 1. The quantitative estimate of drug-likeness (QED) is 0.583. The highest BCUT2D eigenvalue weighted by Gasteiger charge is 2.28. The van der Waals surface area contributed by atoms with E-state index >= 15 is 0 Å². The molecular weight excluding hydrogens is 140 g/mol. The van der Waals surface area contributed by atoms with Crippen molar-refractivity contribution >= 4 is 5.91 Å². The molecule has 3 nitrogen and oxygen atoms in total. The van der Waals surface area contributed by atoms with Gasteiger partial charge in [-0.15, -0.1) is 0 Å². The summed E-state index contributed by atoms with van der Waals surface area (Å²) in [6, 6.07) is 0. The maximum absolute atomic E-state index is 11.1. The predicted molar refractivity (Wildman–Crippen MR) is 44.0 cm³/mol. The monoisotopic (exact) mass is 156 g/mol. The van der Waals surface area contributed by atoms with Crippen molar-refractivity contribution in [2.45, 2.75) is 13.8 Å². The molecule has 1 aliphatic rings. The van der Waals surface area contributed by atoms with Crippen molar-refractivity contribution in [1.82, 2.24) is 4.90 Å². The standard InChI is InChI=1S/C8H16N2O/c1-6-4-10(5-7(6)2)8(11)3-9/h6-7H,3-5,9H2,1-2H3. The minimum Gasteiger partial charge on any atom is -0.341 e. The molecule has 0 bridgehead atoms. The van der Waals surface area contributed by atoms with Crippen LogP contribution in [-0.2, 0) is 4.79 Å². The van der Waals surface area contributed by atoms with Crippen molar-refractivity contribution in [3.63, 3.8) is 0 Å². The summed E-state index contributed by atoms with van der Waals surface area (Å²) < 4.78 is 0. The molecule has 0 spiro atoms. The van der Waals surface area contributed by atoms with E-state index in [9.17, 15) is 4.79 Å². The lowest BCUT2D eigenvalue weighted by atomic mass is 10.0. The van der Waals surface area contributed by atoms with Crippen LogP contribution in [0.1, 0.15) is 13.8 Å². The van der Waals surface area contributed by atoms with Gasteiger partial charge in [-0.05, 0) is 11.8 Å². The van der Waals surface area contributed by atoms with Gasteiger partial charge in [0.2, 0.25) is 5.91 Å². The zero-order chi connectivity index (χ0) is 8.43. The van der Waals surface area contributed by atoms with Crippen molar-refractivity contribution in [3.8, 4) is 0 Å². The van der Waals surface area contributed by atoms with Gasteiger partial charge in [-0.1, -0.05) is 13.8 Å². The first-order chi connectivity index (χ1) is 5.15. The summed E-state index contributed by atoms with van der Waals surface area (Å²) in [5.74, 6) is 1.34. The number of rotatable bonds is 1. The Labute approximate surface area is 67.5 Å². The average molecular weight is 156 g/mol. The molecule has 0 aromatic heterocycles. The molecule has 2 N–H and O–H groups in total. The van der Waals surface area contributed by atoms with Crippen LogP contribution in [0.5, 0.6) is 0 Å². The second-order valence-corrected chi connectivity index (χ2v) is 3.46. The Morgan fingerprint density at radius 1 is 1.45 bits per heavy atom. The highest BCUT2D eigenvalue weighted by Crippen LogP contribution is 2.21. The van der Waals surface area contributed by atoms with E-state index in [4.69, 9.17) is 5.73 Å². The van der Waals surface area contributed by atoms with Gasteiger partial charge in [0.15, 0.2) is 0 Å². The Bertz CT molecular complexity index is 148. The number of amides is 1. The van der Waals surface area contributed by atoms with Crippen LogP contribution in [0, 0.1) is 11.8 Å². The van der Waals surface area contributed by atoms with E-state index in [0.29, 0.717) is 11.8 Å². The summed E-state index contributed by atoms with van der Waals surface area (Å²) in [5.41, 5.74) is 5.25. The van der Waals surface area contributed by atoms with Gasteiger partial charge in [0, 0.05) is 13.1 Å². The molecule has 0 saturated carbocycles. The summed E-state index contributed by atoms with van der Waals surface area (Å²) in [7, 11) is 0. The first-order valence-electron chi connectivity index (χ1n) is 4.13. The molecule has 2 unspecified atom stereocenters. The third-order valence-electron chi connectivity index (χ3n) is 2.52. The number of carbonyl (C=O) groups excluding carboxylic acids is 1. The third-order valence-corrected chi connectivity index (χ3v) is 2.52. The van der Waals surface area contributed by atoms with Crippen LogP contribution in [0.2, 0.25) is 0 Å². The largest absolute Gasteiger partial charge is 0.341 e. The number of likely N-dealkylation sites (tertiary alicyclic amines) is 1. The average Bonchev–Trinajstić information content (AvgIpc) is 2.31. The van der Waals surface area contributed by atoms with Crippen LogP contribution in [-0.4, -0.2) is 30.4 Å². The molecule has 0 radical (unpaired) electrons. The SMILES string of the molecule is CC1CN(C(=O)CN)CC1C. The molecule has 0 aromatic rings. The molecule has 1 saturated heterocycles. The van der Waals surface area contributed by atoms with Gasteiger partial charge in [0.1, 0.15) is 0 Å². The van der Waals surface area contributed by atoms with E-state index in [2.05, 4.69) is 13.8 Å². The fraction of sp³-hybridized carbons (Fsp3) is 0.875. The first kappa shape index (κ1) is 8.53. The molecule has 1 rings (SSSR count). The Morgan fingerprint density at radius 3 is 2.27 bits per heavy atom. The van der Waals surface area contributed by atoms with Crippen molar-refractivity contribution in [3.05, 3.63) is 0 Å². The van der Waals surface area contributed by atoms with Gasteiger partial charge in [-0.3, -0.25) is 4.79 Å². The predicted octanol–water partition coefficient (Wildman–Crippen LogP) is 0.0595. The fourth-order valence-corrected chi connectivity index (χ4v) is 1.46. The smallest absolute Gasteiger partial charge is 0.236 e. The van der Waals surface area contributed by atoms with Crippen molar-refractivity contribution < 1.29 is 4.79 Å². The second kappa shape index (κ2) is 3.22. The van der Waals surface area contributed by atoms with Crippen LogP contribution < -0.4 is 5.73 Å². The summed E-state index contributed by atoms with van der Waals surface area (Å²) in [4.78, 5) is 13.0. The number of hydrogen-bond donors (Lipinski definition) is 1. The van der Waals surface area contributed by atoms with Crippen LogP contribution in [0.3, 0.4) is 0 Å². The lowest BCUT2D eigenvalue weighted by Crippen LogP contribution is -2.34. The maximum atomic E-state index is 11.1. The van der Waals surface area contributed by atoms with E-state index < -0.39 is 0 Å². The van der Waals surface area contributed by atoms with Crippen LogP contribution in [0.15, 0.2) is 0 Å². The van der Waals surface area contributed by atoms with Crippen LogP contribution in [0.25, 0.3) is 0 Å². The molecule has 0 aromatic carbocycles. The van der Waals surface area contributed by atoms with E-state index in [0.717, 1.165) is 13.1 Å². The lowest BCUT2D eigenvalue weighted by Gasteiger charge is -2.13. The minimum atomic E-state index is 0.0844. The van der Waals surface area contributed by atoms with Gasteiger partial charge in [0.05, 0.1) is 6.54 Å². The summed E-state index contributed by atoms with van der Waals surface area (Å²) in [6.45, 7) is 6.27. The molecule has 0 aliphatic carbocycles. The Hall–Kier alpha value is -0.570. The fourth-order valence-electron chi connectivity index (χ4n) is 1.46. The molecule has 3 heteroatoms. The van der Waals surface area contributed by atoms with Gasteiger partial charge >= 0.3 is 0 Å². The second-order valence-electron chi connectivity index (χ2n) is 3.46. The van der Waals surface area contributed by atoms with E-state index in [1.165, 1.54) is 0 Å². The highest BCUT2D eigenvalue weighted by atomic mass is 16.2. The van der Waals surface area contributed by atoms with Gasteiger partial charge < -0.3 is 10.6 Å². The Balaban J connectivity index is 2.46. The van der Waals surface area contributed by atoms with E-state index in [1.807, 2.05) is 4.90 Å². The van der Waals surface area contributed by atoms with E-state index in [1.54, 1.807) is 0 Å². The zero-order valence-electron chi connectivity index (χ0n) is 7.21. The van der Waals surface area contributed by atoms with Crippen molar-refractivity contribution in [2.24, 2.45) is 17.6 Å². The third kappa shape index (κ3) is 1.71. The molecular formula is C8H16N2O. The Morgan fingerprint density at radius 2 is 1.91 bits per heavy atom. The topological polar surface area (TPSA) is 46.3 Å². The van der Waals surface area contributed by atoms with Gasteiger partial charge in [0.25, 0.3) is 0 Å². The molecule has 1 aliphatic heterocycles.